The molecule has 0 aliphatic rings. The Bertz CT molecular complexity index is 580. The number of hydrogen-bond donors (Lipinski definition) is 2. The van der Waals surface area contributed by atoms with E-state index in [9.17, 15) is 14.7 Å². The molecule has 0 fully saturated rings. The Balaban J connectivity index is 2.72. The van der Waals surface area contributed by atoms with E-state index in [2.05, 4.69) is 10.3 Å². The number of rotatable bonds is 7. The van der Waals surface area contributed by atoms with Gasteiger partial charge >= 0.3 is 12.1 Å². The van der Waals surface area contributed by atoms with Gasteiger partial charge in [0.25, 0.3) is 0 Å². The third-order valence-corrected chi connectivity index (χ3v) is 4.22. The minimum absolute atomic E-state index is 0.0895. The summed E-state index contributed by atoms with van der Waals surface area (Å²) in [7, 11) is 0. The smallest absolute Gasteiger partial charge is 0.407 e. The Kier molecular flexibility index (Phi) is 7.82. The fraction of sp³-hybridized carbons (Fsp3) is 0.706. The van der Waals surface area contributed by atoms with Crippen LogP contribution in [0.1, 0.15) is 69.6 Å². The van der Waals surface area contributed by atoms with E-state index in [1.54, 1.807) is 33.1 Å². The maximum atomic E-state index is 12.0. The zero-order chi connectivity index (χ0) is 19.2. The summed E-state index contributed by atoms with van der Waals surface area (Å²) in [4.78, 5) is 27.8. The van der Waals surface area contributed by atoms with Gasteiger partial charge in [0.1, 0.15) is 16.7 Å². The van der Waals surface area contributed by atoms with Crippen LogP contribution in [0.25, 0.3) is 0 Å². The lowest BCUT2D eigenvalue weighted by Gasteiger charge is -2.26. The van der Waals surface area contributed by atoms with Crippen molar-refractivity contribution >= 4 is 23.4 Å². The molecule has 0 aliphatic carbocycles. The summed E-state index contributed by atoms with van der Waals surface area (Å²) in [6.45, 7) is 11.2. The van der Waals surface area contributed by atoms with E-state index in [4.69, 9.17) is 9.47 Å². The second-order valence-electron chi connectivity index (χ2n) is 7.04. The zero-order valence-electron chi connectivity index (χ0n) is 15.7. The van der Waals surface area contributed by atoms with Crippen molar-refractivity contribution in [2.24, 2.45) is 5.92 Å². The molecule has 0 aliphatic heterocycles. The first-order valence-corrected chi connectivity index (χ1v) is 9.21. The Labute approximate surface area is 152 Å². The van der Waals surface area contributed by atoms with Crippen LogP contribution in [0.2, 0.25) is 0 Å². The number of nitrogens with zero attached hydrogens (tertiary/aromatic N) is 1. The van der Waals surface area contributed by atoms with Gasteiger partial charge < -0.3 is 19.9 Å². The van der Waals surface area contributed by atoms with Crippen molar-refractivity contribution in [2.45, 2.75) is 65.7 Å². The van der Waals surface area contributed by atoms with Gasteiger partial charge in [-0.3, -0.25) is 0 Å². The maximum absolute atomic E-state index is 12.0. The van der Waals surface area contributed by atoms with Crippen LogP contribution in [-0.4, -0.2) is 40.4 Å². The number of aromatic nitrogens is 1. The molecular weight excluding hydrogens is 344 g/mol. The molecule has 25 heavy (non-hydrogen) atoms. The number of hydrogen-bond acceptors (Lipinski definition) is 7. The lowest BCUT2D eigenvalue weighted by molar-refractivity contribution is 0.0461. The molecule has 0 bridgehead atoms. The average molecular weight is 372 g/mol. The van der Waals surface area contributed by atoms with Gasteiger partial charge in [-0.05, 0) is 33.6 Å². The van der Waals surface area contributed by atoms with Gasteiger partial charge in [-0.15, -0.1) is 11.3 Å². The van der Waals surface area contributed by atoms with Gasteiger partial charge in [0.15, 0.2) is 5.69 Å². The highest BCUT2D eigenvalue weighted by Gasteiger charge is 2.26. The highest BCUT2D eigenvalue weighted by Crippen LogP contribution is 2.25. The fourth-order valence-corrected chi connectivity index (χ4v) is 2.82. The van der Waals surface area contributed by atoms with Crippen molar-refractivity contribution in [3.63, 3.8) is 0 Å². The molecule has 1 aromatic heterocycles. The quantitative estimate of drug-likeness (QED) is 0.713. The molecule has 0 saturated carbocycles. The number of aliphatic hydroxyl groups is 1. The summed E-state index contributed by atoms with van der Waals surface area (Å²) in [5.41, 5.74) is -0.407. The monoisotopic (exact) mass is 372 g/mol. The lowest BCUT2D eigenvalue weighted by Crippen LogP contribution is -2.42. The summed E-state index contributed by atoms with van der Waals surface area (Å²) in [5, 5.41) is 15.2. The number of nitrogens with one attached hydrogen (secondary N) is 1. The van der Waals surface area contributed by atoms with Crippen LogP contribution in [0.15, 0.2) is 5.38 Å². The summed E-state index contributed by atoms with van der Waals surface area (Å²) in [5.74, 6) is -0.420. The Morgan fingerprint density at radius 3 is 2.52 bits per heavy atom. The summed E-state index contributed by atoms with van der Waals surface area (Å²) in [6, 6.07) is -0.292. The predicted molar refractivity (Wildman–Crippen MR) is 95.6 cm³/mol. The number of carbonyl (C=O) groups excluding carboxylic acids is 2. The molecule has 2 N–H and O–H groups in total. The van der Waals surface area contributed by atoms with Gasteiger partial charge in [0, 0.05) is 17.8 Å². The second-order valence-corrected chi connectivity index (χ2v) is 7.93. The van der Waals surface area contributed by atoms with E-state index in [0.717, 1.165) is 0 Å². The molecule has 0 unspecified atom stereocenters. The van der Waals surface area contributed by atoms with Crippen LogP contribution in [-0.2, 0) is 9.47 Å². The van der Waals surface area contributed by atoms with Gasteiger partial charge in [0.05, 0.1) is 6.61 Å². The van der Waals surface area contributed by atoms with Crippen molar-refractivity contribution < 1.29 is 24.2 Å². The Morgan fingerprint density at radius 2 is 2.00 bits per heavy atom. The van der Waals surface area contributed by atoms with Gasteiger partial charge in [0.2, 0.25) is 0 Å². The highest BCUT2D eigenvalue weighted by molar-refractivity contribution is 7.09. The summed E-state index contributed by atoms with van der Waals surface area (Å²) in [6.07, 6.45) is -1.15. The minimum Gasteiger partial charge on any atom is -0.461 e. The third-order valence-electron chi connectivity index (χ3n) is 3.28. The third kappa shape index (κ3) is 7.39. The molecule has 2 atom stereocenters. The molecule has 1 aromatic rings. The maximum Gasteiger partial charge on any atom is 0.407 e. The van der Waals surface area contributed by atoms with Crippen molar-refractivity contribution in [3.05, 3.63) is 16.1 Å². The topological polar surface area (TPSA) is 97.8 Å². The zero-order valence-corrected chi connectivity index (χ0v) is 16.5. The number of thiazole rings is 1. The molecule has 1 rings (SSSR count). The molecule has 1 heterocycles. The molecule has 1 amide bonds. The average Bonchev–Trinajstić information content (AvgIpc) is 2.94. The first-order chi connectivity index (χ1) is 11.5. The van der Waals surface area contributed by atoms with Crippen LogP contribution < -0.4 is 5.32 Å². The Morgan fingerprint density at radius 1 is 1.36 bits per heavy atom. The van der Waals surface area contributed by atoms with E-state index in [1.165, 1.54) is 11.3 Å². The van der Waals surface area contributed by atoms with Crippen molar-refractivity contribution in [1.29, 1.82) is 0 Å². The van der Waals surface area contributed by atoms with Crippen LogP contribution >= 0.6 is 11.3 Å². The van der Waals surface area contributed by atoms with Crippen molar-refractivity contribution in [1.82, 2.24) is 10.3 Å². The standard InChI is InChI=1S/C17H28N2O5S/c1-7-23-15(21)12-9-25-14(18-12)13(20)8-11(10(2)3)19-16(22)24-17(4,5)6/h9-11,13,20H,7-8H2,1-6H3,(H,19,22)/t11-,13+/m1/s1. The number of ether oxygens (including phenoxy) is 2. The first-order valence-electron chi connectivity index (χ1n) is 8.33. The van der Waals surface area contributed by atoms with Crippen molar-refractivity contribution in [2.75, 3.05) is 6.61 Å². The van der Waals surface area contributed by atoms with E-state index in [-0.39, 0.29) is 30.7 Å². The molecule has 0 spiro atoms. The van der Waals surface area contributed by atoms with Crippen LogP contribution in [0.4, 0.5) is 4.79 Å². The number of carbonyl (C=O) groups is 2. The SMILES string of the molecule is CCOC(=O)c1csc([C@@H](O)C[C@@H](NC(=O)OC(C)(C)C)C(C)C)n1. The lowest BCUT2D eigenvalue weighted by atomic mass is 9.98. The number of amides is 1. The van der Waals surface area contributed by atoms with Crippen LogP contribution in [0.3, 0.4) is 0 Å². The predicted octanol–water partition coefficient (Wildman–Crippen LogP) is 3.29. The molecule has 142 valence electrons. The number of aliphatic hydroxyl groups excluding tert-OH is 1. The molecule has 7 nitrogen and oxygen atoms in total. The minimum atomic E-state index is -0.893. The number of alkyl carbamates (subject to hydrolysis) is 1. The first kappa shape index (κ1) is 21.4. The van der Waals surface area contributed by atoms with E-state index >= 15 is 0 Å². The largest absolute Gasteiger partial charge is 0.461 e. The second kappa shape index (κ2) is 9.15. The van der Waals surface area contributed by atoms with E-state index < -0.39 is 23.8 Å². The van der Waals surface area contributed by atoms with Crippen LogP contribution in [0.5, 0.6) is 0 Å². The van der Waals surface area contributed by atoms with Gasteiger partial charge in [-0.1, -0.05) is 13.8 Å². The number of esters is 1. The molecular formula is C17H28N2O5S. The molecule has 0 aromatic carbocycles. The van der Waals surface area contributed by atoms with Gasteiger partial charge in [-0.25, -0.2) is 14.6 Å². The molecule has 0 radical (unpaired) electrons. The van der Waals surface area contributed by atoms with Crippen LogP contribution in [0, 0.1) is 5.92 Å². The fourth-order valence-electron chi connectivity index (χ4n) is 2.04. The molecule has 8 heteroatoms. The van der Waals surface area contributed by atoms with Crippen molar-refractivity contribution in [3.8, 4) is 0 Å². The van der Waals surface area contributed by atoms with Gasteiger partial charge in [-0.2, -0.15) is 0 Å². The highest BCUT2D eigenvalue weighted by atomic mass is 32.1. The Hall–Kier alpha value is -1.67. The van der Waals surface area contributed by atoms with E-state index in [1.807, 2.05) is 13.8 Å². The summed E-state index contributed by atoms with van der Waals surface area (Å²) >= 11 is 1.19. The summed E-state index contributed by atoms with van der Waals surface area (Å²) < 4.78 is 10.2. The van der Waals surface area contributed by atoms with E-state index in [0.29, 0.717) is 5.01 Å². The molecule has 0 saturated heterocycles. The normalized spacial score (nSPS) is 14.1.